The van der Waals surface area contributed by atoms with Crippen molar-refractivity contribution in [1.82, 2.24) is 15.1 Å². The Morgan fingerprint density at radius 2 is 2.29 bits per heavy atom. The Labute approximate surface area is 105 Å². The largest absolute Gasteiger partial charge is 0.337 e. The highest BCUT2D eigenvalue weighted by molar-refractivity contribution is 7.98. The molecule has 1 rings (SSSR count). The lowest BCUT2D eigenvalue weighted by molar-refractivity contribution is 0.0736. The molecule has 0 radical (unpaired) electrons. The van der Waals surface area contributed by atoms with Crippen molar-refractivity contribution in [2.75, 3.05) is 19.1 Å². The Kier molecular flexibility index (Phi) is 5.21. The maximum Gasteiger partial charge on any atom is 0.274 e. The van der Waals surface area contributed by atoms with Gasteiger partial charge in [-0.05, 0) is 18.7 Å². The van der Waals surface area contributed by atoms with Crippen molar-refractivity contribution in [2.24, 2.45) is 0 Å². The van der Waals surface area contributed by atoms with Crippen molar-refractivity contribution in [1.29, 1.82) is 0 Å². The monoisotopic (exact) mass is 255 g/mol. The van der Waals surface area contributed by atoms with Crippen LogP contribution in [-0.4, -0.2) is 46.1 Å². The molecule has 0 bridgehead atoms. The van der Waals surface area contributed by atoms with E-state index in [1.165, 1.54) is 12.1 Å². The number of hydrogen-bond acceptors (Lipinski definition) is 4. The van der Waals surface area contributed by atoms with Crippen LogP contribution in [0, 0.1) is 0 Å². The average Bonchev–Trinajstić information content (AvgIpc) is 2.35. The second-order valence-corrected chi connectivity index (χ2v) is 4.65. The number of H-pyrrole nitrogens is 1. The molecule has 1 heterocycles. The molecule has 0 spiro atoms. The molecule has 0 aliphatic carbocycles. The third-order valence-electron chi connectivity index (χ3n) is 2.60. The summed E-state index contributed by atoms with van der Waals surface area (Å²) in [4.78, 5) is 24.6. The average molecular weight is 255 g/mol. The van der Waals surface area contributed by atoms with Crippen LogP contribution in [0.1, 0.15) is 23.8 Å². The molecule has 0 saturated heterocycles. The molecule has 5 nitrogen and oxygen atoms in total. The molecule has 17 heavy (non-hydrogen) atoms. The van der Waals surface area contributed by atoms with Gasteiger partial charge in [-0.1, -0.05) is 6.92 Å². The number of aromatic amines is 1. The van der Waals surface area contributed by atoms with Gasteiger partial charge in [0.2, 0.25) is 0 Å². The van der Waals surface area contributed by atoms with Crippen LogP contribution in [0.25, 0.3) is 0 Å². The molecule has 1 unspecified atom stereocenters. The van der Waals surface area contributed by atoms with Gasteiger partial charge in [0.25, 0.3) is 11.5 Å². The van der Waals surface area contributed by atoms with Gasteiger partial charge in [-0.15, -0.1) is 0 Å². The zero-order valence-corrected chi connectivity index (χ0v) is 11.1. The molecular weight excluding hydrogens is 238 g/mol. The van der Waals surface area contributed by atoms with Gasteiger partial charge in [0.05, 0.1) is 0 Å². The number of aromatic nitrogens is 2. The van der Waals surface area contributed by atoms with Gasteiger partial charge >= 0.3 is 0 Å². The number of rotatable bonds is 5. The highest BCUT2D eigenvalue weighted by Gasteiger charge is 2.20. The topological polar surface area (TPSA) is 66.1 Å². The van der Waals surface area contributed by atoms with Crippen LogP contribution in [0.3, 0.4) is 0 Å². The van der Waals surface area contributed by atoms with Gasteiger partial charge in [0.15, 0.2) is 0 Å². The molecule has 0 aliphatic rings. The summed E-state index contributed by atoms with van der Waals surface area (Å²) in [5.74, 6) is 0.726. The number of hydrogen-bond donors (Lipinski definition) is 1. The summed E-state index contributed by atoms with van der Waals surface area (Å²) in [7, 11) is 1.76. The van der Waals surface area contributed by atoms with Crippen LogP contribution >= 0.6 is 11.8 Å². The van der Waals surface area contributed by atoms with Crippen LogP contribution < -0.4 is 5.56 Å². The molecule has 1 aromatic heterocycles. The molecule has 0 aromatic carbocycles. The first-order chi connectivity index (χ1) is 8.10. The standard InChI is InChI=1S/C11H17N3O2S/c1-4-8(7-17-3)14(2)11(16)9-5-6-10(15)13-12-9/h5-6,8H,4,7H2,1-3H3,(H,13,15). The Hall–Kier alpha value is -1.30. The minimum atomic E-state index is -0.305. The normalized spacial score (nSPS) is 12.2. The third-order valence-corrected chi connectivity index (χ3v) is 3.31. The lowest BCUT2D eigenvalue weighted by atomic mass is 10.2. The zero-order valence-electron chi connectivity index (χ0n) is 10.3. The summed E-state index contributed by atoms with van der Waals surface area (Å²) in [6.07, 6.45) is 2.91. The van der Waals surface area contributed by atoms with E-state index in [1.807, 2.05) is 13.2 Å². The Balaban J connectivity index is 2.81. The molecule has 0 aliphatic heterocycles. The van der Waals surface area contributed by atoms with Crippen LogP contribution in [0.4, 0.5) is 0 Å². The smallest absolute Gasteiger partial charge is 0.274 e. The van der Waals surface area contributed by atoms with Crippen molar-refractivity contribution in [3.63, 3.8) is 0 Å². The lowest BCUT2D eigenvalue weighted by Crippen LogP contribution is -2.39. The quantitative estimate of drug-likeness (QED) is 0.852. The number of carbonyl (C=O) groups excluding carboxylic acids is 1. The number of nitrogens with one attached hydrogen (secondary N) is 1. The Morgan fingerprint density at radius 3 is 2.76 bits per heavy atom. The fourth-order valence-corrected chi connectivity index (χ4v) is 2.35. The Morgan fingerprint density at radius 1 is 1.59 bits per heavy atom. The van der Waals surface area contributed by atoms with E-state index in [0.717, 1.165) is 12.2 Å². The molecule has 0 fully saturated rings. The number of thioether (sulfide) groups is 1. The minimum absolute atomic E-state index is 0.165. The highest BCUT2D eigenvalue weighted by atomic mass is 32.2. The number of amides is 1. The molecule has 1 atom stereocenters. The summed E-state index contributed by atoms with van der Waals surface area (Å²) < 4.78 is 0. The van der Waals surface area contributed by atoms with Gasteiger partial charge < -0.3 is 4.90 Å². The van der Waals surface area contributed by atoms with E-state index in [9.17, 15) is 9.59 Å². The molecule has 1 aromatic rings. The second-order valence-electron chi connectivity index (χ2n) is 3.74. The van der Waals surface area contributed by atoms with E-state index in [1.54, 1.807) is 23.7 Å². The van der Waals surface area contributed by atoms with E-state index in [-0.39, 0.29) is 23.2 Å². The predicted molar refractivity (Wildman–Crippen MR) is 69.4 cm³/mol. The fourth-order valence-electron chi connectivity index (χ4n) is 1.51. The van der Waals surface area contributed by atoms with Crippen molar-refractivity contribution < 1.29 is 4.79 Å². The van der Waals surface area contributed by atoms with Crippen molar-refractivity contribution in [3.8, 4) is 0 Å². The number of nitrogens with zero attached hydrogens (tertiary/aromatic N) is 2. The highest BCUT2D eigenvalue weighted by Crippen LogP contribution is 2.10. The van der Waals surface area contributed by atoms with Crippen LogP contribution in [0.2, 0.25) is 0 Å². The van der Waals surface area contributed by atoms with Crippen molar-refractivity contribution >= 4 is 17.7 Å². The zero-order chi connectivity index (χ0) is 12.8. The second kappa shape index (κ2) is 6.44. The molecule has 0 saturated carbocycles. The van der Waals surface area contributed by atoms with Crippen molar-refractivity contribution in [2.45, 2.75) is 19.4 Å². The molecule has 6 heteroatoms. The molecular formula is C11H17N3O2S. The Bertz CT molecular complexity index is 412. The molecule has 1 N–H and O–H groups in total. The maximum atomic E-state index is 12.1. The van der Waals surface area contributed by atoms with Gasteiger partial charge in [0, 0.05) is 24.9 Å². The van der Waals surface area contributed by atoms with E-state index in [2.05, 4.69) is 10.2 Å². The van der Waals surface area contributed by atoms with Crippen LogP contribution in [0.5, 0.6) is 0 Å². The van der Waals surface area contributed by atoms with Crippen LogP contribution in [-0.2, 0) is 0 Å². The van der Waals surface area contributed by atoms with E-state index in [0.29, 0.717) is 0 Å². The lowest BCUT2D eigenvalue weighted by Gasteiger charge is -2.26. The summed E-state index contributed by atoms with van der Waals surface area (Å²) >= 11 is 1.71. The number of carbonyl (C=O) groups is 1. The summed E-state index contributed by atoms with van der Waals surface area (Å²) in [6, 6.07) is 2.94. The van der Waals surface area contributed by atoms with Gasteiger partial charge in [-0.3, -0.25) is 9.59 Å². The van der Waals surface area contributed by atoms with E-state index >= 15 is 0 Å². The SMILES string of the molecule is CCC(CSC)N(C)C(=O)c1ccc(=O)[nH]n1. The van der Waals surface area contributed by atoms with Gasteiger partial charge in [-0.25, -0.2) is 5.10 Å². The van der Waals surface area contributed by atoms with Crippen molar-refractivity contribution in [3.05, 3.63) is 28.2 Å². The van der Waals surface area contributed by atoms with E-state index < -0.39 is 0 Å². The first kappa shape index (κ1) is 13.8. The third kappa shape index (κ3) is 3.59. The summed E-state index contributed by atoms with van der Waals surface area (Å²) in [5, 5.41) is 6.01. The van der Waals surface area contributed by atoms with Gasteiger partial charge in [0.1, 0.15) is 5.69 Å². The maximum absolute atomic E-state index is 12.1. The molecule has 1 amide bonds. The predicted octanol–water partition coefficient (Wildman–Crippen LogP) is 0.983. The minimum Gasteiger partial charge on any atom is -0.337 e. The van der Waals surface area contributed by atoms with Crippen LogP contribution in [0.15, 0.2) is 16.9 Å². The molecule has 94 valence electrons. The van der Waals surface area contributed by atoms with E-state index in [4.69, 9.17) is 0 Å². The summed E-state index contributed by atoms with van der Waals surface area (Å²) in [5.41, 5.74) is -0.0352. The first-order valence-corrected chi connectivity index (χ1v) is 6.81. The van der Waals surface area contributed by atoms with Gasteiger partial charge in [-0.2, -0.15) is 16.9 Å². The summed E-state index contributed by atoms with van der Waals surface area (Å²) in [6.45, 7) is 2.05. The first-order valence-electron chi connectivity index (χ1n) is 5.42. The fraction of sp³-hybridized carbons (Fsp3) is 0.545.